The molecule has 0 spiro atoms. The average molecular weight is 309 g/mol. The molecule has 122 valence electrons. The molecule has 0 aromatic heterocycles. The highest BCUT2D eigenvalue weighted by Crippen LogP contribution is 2.41. The zero-order valence-corrected chi connectivity index (χ0v) is 14.4. The summed E-state index contributed by atoms with van der Waals surface area (Å²) in [4.78, 5) is 2.35. The summed E-state index contributed by atoms with van der Waals surface area (Å²) in [6.45, 7) is 6.27. The molecule has 1 heterocycles. The summed E-state index contributed by atoms with van der Waals surface area (Å²) < 4.78 is 0. The molecule has 0 bridgehead atoms. The number of hydrogen-bond acceptors (Lipinski definition) is 2. The SMILES string of the molecule is Cc1ccc(C(O)(c2ccc(C)cc2)C2CCN(C)CC2)cc1. The number of aryl methyl sites for hydroxylation is 2. The summed E-state index contributed by atoms with van der Waals surface area (Å²) in [6, 6.07) is 16.8. The third-order valence-electron chi connectivity index (χ3n) is 5.29. The van der Waals surface area contributed by atoms with Crippen molar-refractivity contribution in [2.45, 2.75) is 32.3 Å². The van der Waals surface area contributed by atoms with Crippen molar-refractivity contribution < 1.29 is 5.11 Å². The molecule has 2 aromatic carbocycles. The lowest BCUT2D eigenvalue weighted by atomic mass is 9.72. The lowest BCUT2D eigenvalue weighted by Crippen LogP contribution is -2.43. The standard InChI is InChI=1S/C21H27NO/c1-16-4-8-18(9-5-16)21(23,19-10-6-17(2)7-11-19)20-12-14-22(3)15-13-20/h4-11,20,23H,12-15H2,1-3H3. The van der Waals surface area contributed by atoms with Gasteiger partial charge in [0.1, 0.15) is 5.60 Å². The Bertz CT molecular complexity index is 591. The number of aliphatic hydroxyl groups is 1. The summed E-state index contributed by atoms with van der Waals surface area (Å²) in [6.07, 6.45) is 2.05. The quantitative estimate of drug-likeness (QED) is 0.930. The highest BCUT2D eigenvalue weighted by Gasteiger charge is 2.41. The molecule has 1 aliphatic rings. The zero-order valence-electron chi connectivity index (χ0n) is 14.4. The molecule has 0 aliphatic carbocycles. The maximum Gasteiger partial charge on any atom is 0.117 e. The molecule has 0 saturated carbocycles. The van der Waals surface area contributed by atoms with Crippen LogP contribution in [0.15, 0.2) is 48.5 Å². The summed E-state index contributed by atoms with van der Waals surface area (Å²) in [5.74, 6) is 0.254. The number of nitrogens with zero attached hydrogens (tertiary/aromatic N) is 1. The van der Waals surface area contributed by atoms with Crippen molar-refractivity contribution in [2.24, 2.45) is 5.92 Å². The van der Waals surface area contributed by atoms with Gasteiger partial charge in [0.2, 0.25) is 0 Å². The van der Waals surface area contributed by atoms with E-state index in [-0.39, 0.29) is 5.92 Å². The number of hydrogen-bond donors (Lipinski definition) is 1. The van der Waals surface area contributed by atoms with Crippen LogP contribution in [0.5, 0.6) is 0 Å². The number of rotatable bonds is 3. The first-order chi connectivity index (χ1) is 11.0. The molecular weight excluding hydrogens is 282 g/mol. The molecule has 2 aromatic rings. The molecule has 0 radical (unpaired) electrons. The van der Waals surface area contributed by atoms with E-state index in [2.05, 4.69) is 74.3 Å². The normalized spacial score (nSPS) is 17.4. The van der Waals surface area contributed by atoms with Crippen molar-refractivity contribution in [3.8, 4) is 0 Å². The molecule has 0 amide bonds. The summed E-state index contributed by atoms with van der Waals surface area (Å²) >= 11 is 0. The van der Waals surface area contributed by atoms with Crippen molar-refractivity contribution in [3.63, 3.8) is 0 Å². The van der Waals surface area contributed by atoms with E-state index in [9.17, 15) is 5.11 Å². The van der Waals surface area contributed by atoms with Gasteiger partial charge in [0.15, 0.2) is 0 Å². The fourth-order valence-corrected chi connectivity index (χ4v) is 3.68. The number of benzene rings is 2. The third-order valence-corrected chi connectivity index (χ3v) is 5.29. The van der Waals surface area contributed by atoms with Gasteiger partial charge in [-0.1, -0.05) is 59.7 Å². The van der Waals surface area contributed by atoms with E-state index in [1.54, 1.807) is 0 Å². The molecule has 1 N–H and O–H groups in total. The topological polar surface area (TPSA) is 23.5 Å². The van der Waals surface area contributed by atoms with Gasteiger partial charge in [-0.25, -0.2) is 0 Å². The van der Waals surface area contributed by atoms with Crippen LogP contribution in [0.3, 0.4) is 0 Å². The van der Waals surface area contributed by atoms with E-state index < -0.39 is 5.60 Å². The second kappa shape index (κ2) is 6.46. The average Bonchev–Trinajstić information content (AvgIpc) is 2.56. The molecule has 3 rings (SSSR count). The Balaban J connectivity index is 2.05. The predicted octanol–water partition coefficient (Wildman–Crippen LogP) is 3.88. The first kappa shape index (κ1) is 16.2. The van der Waals surface area contributed by atoms with E-state index in [1.165, 1.54) is 11.1 Å². The minimum absolute atomic E-state index is 0.254. The Morgan fingerprint density at radius 2 is 1.22 bits per heavy atom. The highest BCUT2D eigenvalue weighted by molar-refractivity contribution is 5.39. The first-order valence-electron chi connectivity index (χ1n) is 8.55. The zero-order chi connectivity index (χ0) is 16.4. The Kier molecular flexibility index (Phi) is 4.56. The van der Waals surface area contributed by atoms with Crippen LogP contribution in [0, 0.1) is 19.8 Å². The van der Waals surface area contributed by atoms with Gasteiger partial charge in [0.05, 0.1) is 0 Å². The van der Waals surface area contributed by atoms with Gasteiger partial charge in [-0.2, -0.15) is 0 Å². The summed E-state index contributed by atoms with van der Waals surface area (Å²) in [7, 11) is 2.16. The summed E-state index contributed by atoms with van der Waals surface area (Å²) in [5, 5.41) is 11.8. The Morgan fingerprint density at radius 3 is 1.61 bits per heavy atom. The molecule has 1 fully saturated rings. The molecule has 0 atom stereocenters. The van der Waals surface area contributed by atoms with Crippen molar-refractivity contribution in [2.75, 3.05) is 20.1 Å². The van der Waals surface area contributed by atoms with E-state index in [4.69, 9.17) is 0 Å². The monoisotopic (exact) mass is 309 g/mol. The van der Waals surface area contributed by atoms with Gasteiger partial charge >= 0.3 is 0 Å². The largest absolute Gasteiger partial charge is 0.380 e. The van der Waals surface area contributed by atoms with Crippen LogP contribution in [0.2, 0.25) is 0 Å². The van der Waals surface area contributed by atoms with Crippen LogP contribution in [0.1, 0.15) is 35.1 Å². The van der Waals surface area contributed by atoms with Crippen molar-refractivity contribution >= 4 is 0 Å². The molecule has 2 heteroatoms. The van der Waals surface area contributed by atoms with Gasteiger partial charge in [-0.3, -0.25) is 0 Å². The van der Waals surface area contributed by atoms with Crippen molar-refractivity contribution in [1.82, 2.24) is 4.90 Å². The van der Waals surface area contributed by atoms with Gasteiger partial charge < -0.3 is 10.0 Å². The molecule has 1 aliphatic heterocycles. The van der Waals surface area contributed by atoms with Crippen LogP contribution in [-0.4, -0.2) is 30.1 Å². The van der Waals surface area contributed by atoms with Crippen LogP contribution >= 0.6 is 0 Å². The Morgan fingerprint density at radius 1 is 0.826 bits per heavy atom. The highest BCUT2D eigenvalue weighted by atomic mass is 16.3. The third kappa shape index (κ3) is 3.19. The van der Waals surface area contributed by atoms with Crippen molar-refractivity contribution in [3.05, 3.63) is 70.8 Å². The van der Waals surface area contributed by atoms with Crippen LogP contribution in [0.25, 0.3) is 0 Å². The fourth-order valence-electron chi connectivity index (χ4n) is 3.68. The lowest BCUT2D eigenvalue weighted by Gasteiger charge is -2.41. The van der Waals surface area contributed by atoms with E-state index in [0.29, 0.717) is 0 Å². The molecule has 1 saturated heterocycles. The maximum absolute atomic E-state index is 11.8. The van der Waals surface area contributed by atoms with Crippen LogP contribution < -0.4 is 0 Å². The second-order valence-electron chi connectivity index (χ2n) is 7.08. The molecule has 23 heavy (non-hydrogen) atoms. The van der Waals surface area contributed by atoms with Crippen LogP contribution in [-0.2, 0) is 5.60 Å². The smallest absolute Gasteiger partial charge is 0.117 e. The second-order valence-corrected chi connectivity index (χ2v) is 7.08. The lowest BCUT2D eigenvalue weighted by molar-refractivity contribution is -0.0109. The van der Waals surface area contributed by atoms with E-state index >= 15 is 0 Å². The van der Waals surface area contributed by atoms with E-state index in [0.717, 1.165) is 37.1 Å². The first-order valence-corrected chi connectivity index (χ1v) is 8.55. The summed E-state index contributed by atoms with van der Waals surface area (Å²) in [5.41, 5.74) is 3.58. The predicted molar refractivity (Wildman–Crippen MR) is 95.6 cm³/mol. The number of likely N-dealkylation sites (tertiary alicyclic amines) is 1. The molecule has 0 unspecified atom stereocenters. The minimum Gasteiger partial charge on any atom is -0.380 e. The van der Waals surface area contributed by atoms with Gasteiger partial charge in [0, 0.05) is 0 Å². The maximum atomic E-state index is 11.8. The van der Waals surface area contributed by atoms with Crippen LogP contribution in [0.4, 0.5) is 0 Å². The number of piperidine rings is 1. The van der Waals surface area contributed by atoms with Gasteiger partial charge in [0.25, 0.3) is 0 Å². The Hall–Kier alpha value is -1.64. The van der Waals surface area contributed by atoms with Gasteiger partial charge in [-0.05, 0) is 63.9 Å². The fraction of sp³-hybridized carbons (Fsp3) is 0.429. The molecular formula is C21H27NO. The van der Waals surface area contributed by atoms with E-state index in [1.807, 2.05) is 0 Å². The molecule has 2 nitrogen and oxygen atoms in total. The minimum atomic E-state index is -0.900. The van der Waals surface area contributed by atoms with Crippen molar-refractivity contribution in [1.29, 1.82) is 0 Å². The Labute approximate surface area is 139 Å². The van der Waals surface area contributed by atoms with Gasteiger partial charge in [-0.15, -0.1) is 0 Å².